The summed E-state index contributed by atoms with van der Waals surface area (Å²) in [6.45, 7) is 2.17. The fourth-order valence-electron chi connectivity index (χ4n) is 0.617. The van der Waals surface area contributed by atoms with E-state index in [1.165, 1.54) is 0 Å². The van der Waals surface area contributed by atoms with Crippen LogP contribution in [-0.2, 0) is 5.11 Å². The Hall–Kier alpha value is -0.480. The molecule has 0 aromatic heterocycles. The molecule has 0 aliphatic rings. The lowest BCUT2D eigenvalue weighted by Crippen LogP contribution is -1.78. The molecule has 0 amide bonds. The first-order valence-corrected chi connectivity index (χ1v) is 3.95. The van der Waals surface area contributed by atoms with Crippen LogP contribution in [0.3, 0.4) is 0 Å². The first kappa shape index (κ1) is 9.52. The topological polar surface area (TPSA) is 19.9 Å². The van der Waals surface area contributed by atoms with Gasteiger partial charge in [0.1, 0.15) is 0 Å². The number of rotatable bonds is 4. The maximum Gasteiger partial charge on any atom is 0.0822 e. The van der Waals surface area contributed by atoms with E-state index in [1.54, 1.807) is 0 Å². The monoisotopic (exact) mass is 139 g/mol. The summed E-state index contributed by atoms with van der Waals surface area (Å²) in [5, 5.41) is 9.97. The van der Waals surface area contributed by atoms with E-state index in [2.05, 4.69) is 18.8 Å². The third kappa shape index (κ3) is 7.52. The van der Waals surface area contributed by atoms with Crippen LogP contribution < -0.4 is 0 Å². The lowest BCUT2D eigenvalue weighted by atomic mass is 10.2. The van der Waals surface area contributed by atoms with E-state index in [9.17, 15) is 5.11 Å². The highest BCUT2D eigenvalue weighted by atomic mass is 16.2. The second kappa shape index (κ2) is 8.52. The van der Waals surface area contributed by atoms with Crippen molar-refractivity contribution in [2.45, 2.75) is 39.0 Å². The van der Waals surface area contributed by atoms with E-state index in [4.69, 9.17) is 0 Å². The van der Waals surface area contributed by atoms with Gasteiger partial charge >= 0.3 is 0 Å². The molecule has 0 N–H and O–H groups in total. The molecule has 0 saturated carbocycles. The van der Waals surface area contributed by atoms with Crippen molar-refractivity contribution in [3.8, 4) is 11.8 Å². The molecule has 0 unspecified atom stereocenters. The summed E-state index contributed by atoms with van der Waals surface area (Å²) in [6.07, 6.45) is 4.79. The third-order valence-corrected chi connectivity index (χ3v) is 1.20. The molecule has 0 fully saturated rings. The second-order valence-corrected chi connectivity index (χ2v) is 2.26. The van der Waals surface area contributed by atoms with Crippen LogP contribution in [0.1, 0.15) is 39.0 Å². The zero-order valence-corrected chi connectivity index (χ0v) is 6.65. The van der Waals surface area contributed by atoms with Gasteiger partial charge in [0.2, 0.25) is 0 Å². The van der Waals surface area contributed by atoms with Crippen molar-refractivity contribution < 1.29 is 5.11 Å². The van der Waals surface area contributed by atoms with Crippen LogP contribution in [0.25, 0.3) is 0 Å². The largest absolute Gasteiger partial charge is 0.237 e. The zero-order chi connectivity index (χ0) is 7.66. The first-order valence-electron chi connectivity index (χ1n) is 3.95. The van der Waals surface area contributed by atoms with Gasteiger partial charge in [-0.15, -0.1) is 11.8 Å². The van der Waals surface area contributed by atoms with Gasteiger partial charge in [0.15, 0.2) is 0 Å². The van der Waals surface area contributed by atoms with Crippen molar-refractivity contribution in [1.29, 1.82) is 0 Å². The molecule has 1 heteroatoms. The van der Waals surface area contributed by atoms with Gasteiger partial charge in [0.05, 0.1) is 6.61 Å². The summed E-state index contributed by atoms with van der Waals surface area (Å²) in [5.74, 6) is 6.07. The molecule has 57 valence electrons. The molecule has 0 heterocycles. The standard InChI is InChI=1S/C9H15O/c1-2-3-4-5-6-7-8-9-10/h2-3,6-9H2,1H3. The molecule has 1 nitrogen and oxygen atoms in total. The maximum atomic E-state index is 9.97. The van der Waals surface area contributed by atoms with Crippen molar-refractivity contribution in [3.05, 3.63) is 0 Å². The lowest BCUT2D eigenvalue weighted by molar-refractivity contribution is 0.187. The molecule has 0 bridgehead atoms. The summed E-state index contributed by atoms with van der Waals surface area (Å²) < 4.78 is 0. The summed E-state index contributed by atoms with van der Waals surface area (Å²) in [7, 11) is 0. The van der Waals surface area contributed by atoms with Gasteiger partial charge in [-0.05, 0) is 19.3 Å². The molecule has 0 rings (SSSR count). The van der Waals surface area contributed by atoms with Gasteiger partial charge in [0.25, 0.3) is 0 Å². The molecule has 0 atom stereocenters. The van der Waals surface area contributed by atoms with Gasteiger partial charge in [0, 0.05) is 12.8 Å². The van der Waals surface area contributed by atoms with Crippen LogP contribution in [0.15, 0.2) is 0 Å². The van der Waals surface area contributed by atoms with E-state index < -0.39 is 0 Å². The Morgan fingerprint density at radius 3 is 2.40 bits per heavy atom. The Morgan fingerprint density at radius 1 is 1.10 bits per heavy atom. The normalized spacial score (nSPS) is 8.60. The van der Waals surface area contributed by atoms with Gasteiger partial charge in [-0.3, -0.25) is 0 Å². The Morgan fingerprint density at radius 2 is 1.80 bits per heavy atom. The van der Waals surface area contributed by atoms with Crippen molar-refractivity contribution >= 4 is 0 Å². The predicted molar refractivity (Wildman–Crippen MR) is 42.1 cm³/mol. The minimum Gasteiger partial charge on any atom is -0.237 e. The average molecular weight is 139 g/mol. The summed E-state index contributed by atoms with van der Waals surface area (Å²) in [4.78, 5) is 0. The molecule has 0 aromatic rings. The fraction of sp³-hybridized carbons (Fsp3) is 0.778. The van der Waals surface area contributed by atoms with Crippen LogP contribution in [0, 0.1) is 11.8 Å². The quantitative estimate of drug-likeness (QED) is 0.421. The van der Waals surface area contributed by atoms with Crippen molar-refractivity contribution in [2.75, 3.05) is 6.61 Å². The second-order valence-electron chi connectivity index (χ2n) is 2.26. The van der Waals surface area contributed by atoms with Crippen molar-refractivity contribution in [2.24, 2.45) is 0 Å². The average Bonchev–Trinajstić information content (AvgIpc) is 1.97. The number of hydrogen-bond donors (Lipinski definition) is 0. The number of unbranched alkanes of at least 4 members (excludes halogenated alkanes) is 3. The summed E-state index contributed by atoms with van der Waals surface area (Å²) >= 11 is 0. The molecule has 0 aromatic carbocycles. The van der Waals surface area contributed by atoms with Crippen molar-refractivity contribution in [3.63, 3.8) is 0 Å². The maximum absolute atomic E-state index is 9.97. The summed E-state index contributed by atoms with van der Waals surface area (Å²) in [5.41, 5.74) is 0. The van der Waals surface area contributed by atoms with Crippen LogP contribution >= 0.6 is 0 Å². The van der Waals surface area contributed by atoms with Crippen LogP contribution in [-0.4, -0.2) is 6.61 Å². The molecular formula is C9H15O. The predicted octanol–water partition coefficient (Wildman–Crippen LogP) is 2.39. The first-order chi connectivity index (χ1) is 4.91. The lowest BCUT2D eigenvalue weighted by Gasteiger charge is -1.86. The Kier molecular flexibility index (Phi) is 8.11. The summed E-state index contributed by atoms with van der Waals surface area (Å²) in [6, 6.07) is 0. The minimum absolute atomic E-state index is 0.0510. The SMILES string of the molecule is CCCC#CCCCC[O]. The smallest absolute Gasteiger partial charge is 0.0822 e. The third-order valence-electron chi connectivity index (χ3n) is 1.20. The van der Waals surface area contributed by atoms with E-state index in [0.717, 1.165) is 32.1 Å². The highest BCUT2D eigenvalue weighted by molar-refractivity contribution is 4.98. The molecule has 1 radical (unpaired) electrons. The van der Waals surface area contributed by atoms with Gasteiger partial charge in [-0.2, -0.15) is 0 Å². The van der Waals surface area contributed by atoms with Gasteiger partial charge in [-0.1, -0.05) is 6.92 Å². The van der Waals surface area contributed by atoms with Crippen LogP contribution in [0.2, 0.25) is 0 Å². The van der Waals surface area contributed by atoms with Gasteiger partial charge in [-0.25, -0.2) is 5.11 Å². The van der Waals surface area contributed by atoms with Crippen LogP contribution in [0.5, 0.6) is 0 Å². The van der Waals surface area contributed by atoms with Crippen LogP contribution in [0.4, 0.5) is 0 Å². The molecule has 0 aliphatic heterocycles. The highest BCUT2D eigenvalue weighted by Crippen LogP contribution is 1.92. The van der Waals surface area contributed by atoms with Crippen molar-refractivity contribution in [1.82, 2.24) is 0 Å². The molecule has 10 heavy (non-hydrogen) atoms. The fourth-order valence-corrected chi connectivity index (χ4v) is 0.617. The number of hydrogen-bond acceptors (Lipinski definition) is 0. The highest BCUT2D eigenvalue weighted by Gasteiger charge is 1.81. The molecule has 0 saturated heterocycles. The Labute approximate surface area is 63.5 Å². The van der Waals surface area contributed by atoms with E-state index in [0.29, 0.717) is 0 Å². The Bertz CT molecular complexity index is 108. The van der Waals surface area contributed by atoms with E-state index >= 15 is 0 Å². The molecule has 0 spiro atoms. The van der Waals surface area contributed by atoms with E-state index in [1.807, 2.05) is 0 Å². The van der Waals surface area contributed by atoms with E-state index in [-0.39, 0.29) is 6.61 Å². The minimum atomic E-state index is 0.0510. The van der Waals surface area contributed by atoms with Gasteiger partial charge < -0.3 is 0 Å². The Balaban J connectivity index is 2.96. The molecule has 0 aliphatic carbocycles. The molecular weight excluding hydrogens is 124 g/mol. The zero-order valence-electron chi connectivity index (χ0n) is 6.65.